The van der Waals surface area contributed by atoms with Crippen molar-refractivity contribution >= 4 is 23.1 Å². The van der Waals surface area contributed by atoms with E-state index in [0.29, 0.717) is 29.8 Å². The van der Waals surface area contributed by atoms with Crippen LogP contribution in [0, 0.1) is 15.5 Å². The lowest BCUT2D eigenvalue weighted by Gasteiger charge is -2.44. The third-order valence-corrected chi connectivity index (χ3v) is 6.19. The summed E-state index contributed by atoms with van der Waals surface area (Å²) in [4.78, 5) is 39.4. The third-order valence-electron chi connectivity index (χ3n) is 6.19. The van der Waals surface area contributed by atoms with Crippen LogP contribution in [0.25, 0.3) is 0 Å². The minimum Gasteiger partial charge on any atom is -0.463 e. The Hall–Kier alpha value is -3.94. The Balaban J connectivity index is 2.03. The quantitative estimate of drug-likeness (QED) is 0.394. The first-order chi connectivity index (χ1) is 16.1. The second-order valence-corrected chi connectivity index (χ2v) is 9.28. The molecular formula is C26H27N3O5. The van der Waals surface area contributed by atoms with Crippen LogP contribution in [0.5, 0.6) is 0 Å². The molecule has 2 aliphatic rings. The molecule has 0 saturated carbocycles. The molecule has 34 heavy (non-hydrogen) atoms. The van der Waals surface area contributed by atoms with Crippen molar-refractivity contribution in [3.63, 3.8) is 0 Å². The number of ketones is 1. The number of nitrogens with zero attached hydrogens (tertiary/aromatic N) is 2. The van der Waals surface area contributed by atoms with Gasteiger partial charge in [0.25, 0.3) is 5.69 Å². The molecule has 8 nitrogen and oxygen atoms in total. The first kappa shape index (κ1) is 23.2. The summed E-state index contributed by atoms with van der Waals surface area (Å²) in [5.41, 5.74) is 8.67. The summed E-state index contributed by atoms with van der Waals surface area (Å²) in [6, 6.07) is 15.3. The minimum absolute atomic E-state index is 0.0789. The fourth-order valence-corrected chi connectivity index (χ4v) is 4.84. The van der Waals surface area contributed by atoms with Crippen molar-refractivity contribution < 1.29 is 19.2 Å². The number of rotatable bonds is 5. The molecular weight excluding hydrogens is 434 g/mol. The zero-order valence-corrected chi connectivity index (χ0v) is 19.4. The summed E-state index contributed by atoms with van der Waals surface area (Å²) in [6.07, 6.45) is 0.824. The summed E-state index contributed by atoms with van der Waals surface area (Å²) in [5, 5.41) is 11.5. The molecule has 0 spiro atoms. The van der Waals surface area contributed by atoms with Crippen molar-refractivity contribution in [2.45, 2.75) is 39.5 Å². The number of allylic oxidation sites excluding steroid dienone is 2. The number of benzene rings is 2. The van der Waals surface area contributed by atoms with Gasteiger partial charge < -0.3 is 10.5 Å². The molecule has 0 radical (unpaired) electrons. The molecule has 1 unspecified atom stereocenters. The molecule has 176 valence electrons. The van der Waals surface area contributed by atoms with Gasteiger partial charge in [0.05, 0.1) is 28.7 Å². The largest absolute Gasteiger partial charge is 0.463 e. The van der Waals surface area contributed by atoms with E-state index in [2.05, 4.69) is 0 Å². The molecule has 2 aromatic rings. The van der Waals surface area contributed by atoms with Crippen LogP contribution in [0.2, 0.25) is 0 Å². The SMILES string of the molecule is CCOC(=O)C1=C(N)N(c2cccc([N+](=O)[O-])c2)C2=C(C(=O)CC(C)(C)C2)C1c1ccccc1. The highest BCUT2D eigenvalue weighted by Crippen LogP contribution is 2.50. The molecule has 0 amide bonds. The number of nitro benzene ring substituents is 1. The van der Waals surface area contributed by atoms with Crippen LogP contribution in [0.1, 0.15) is 45.1 Å². The number of ether oxygens (including phenoxy) is 1. The molecule has 0 fully saturated rings. The van der Waals surface area contributed by atoms with E-state index in [1.807, 2.05) is 44.2 Å². The second-order valence-electron chi connectivity index (χ2n) is 9.28. The van der Waals surface area contributed by atoms with E-state index in [1.165, 1.54) is 12.1 Å². The highest BCUT2D eigenvalue weighted by molar-refractivity contribution is 6.05. The number of non-ortho nitro benzene ring substituents is 1. The Morgan fingerprint density at radius 1 is 1.18 bits per heavy atom. The number of hydrogen-bond acceptors (Lipinski definition) is 7. The van der Waals surface area contributed by atoms with Crippen LogP contribution in [0.15, 0.2) is 77.3 Å². The lowest BCUT2D eigenvalue weighted by atomic mass is 9.68. The van der Waals surface area contributed by atoms with Gasteiger partial charge in [0, 0.05) is 29.8 Å². The van der Waals surface area contributed by atoms with Crippen LogP contribution in [-0.4, -0.2) is 23.3 Å². The number of nitro groups is 1. The number of esters is 1. The molecule has 2 aromatic carbocycles. The van der Waals surface area contributed by atoms with Gasteiger partial charge in [0.2, 0.25) is 0 Å². The van der Waals surface area contributed by atoms with Crippen LogP contribution < -0.4 is 10.6 Å². The van der Waals surface area contributed by atoms with E-state index in [1.54, 1.807) is 24.0 Å². The van der Waals surface area contributed by atoms with E-state index >= 15 is 0 Å². The lowest BCUT2D eigenvalue weighted by molar-refractivity contribution is -0.384. The molecule has 0 saturated heterocycles. The number of hydrogen-bond donors (Lipinski definition) is 1. The monoisotopic (exact) mass is 461 g/mol. The van der Waals surface area contributed by atoms with E-state index in [4.69, 9.17) is 10.5 Å². The molecule has 0 bridgehead atoms. The second kappa shape index (κ2) is 8.78. The van der Waals surface area contributed by atoms with Crippen LogP contribution in [-0.2, 0) is 14.3 Å². The molecule has 1 aliphatic carbocycles. The first-order valence-electron chi connectivity index (χ1n) is 11.2. The summed E-state index contributed by atoms with van der Waals surface area (Å²) >= 11 is 0. The predicted octanol–water partition coefficient (Wildman–Crippen LogP) is 4.58. The van der Waals surface area contributed by atoms with Gasteiger partial charge in [-0.1, -0.05) is 50.2 Å². The topological polar surface area (TPSA) is 116 Å². The fourth-order valence-electron chi connectivity index (χ4n) is 4.84. The standard InChI is InChI=1S/C26H27N3O5/c1-4-34-25(31)23-21(16-9-6-5-7-10-16)22-19(14-26(2,3)15-20(22)30)28(24(23)27)17-11-8-12-18(13-17)29(32)33/h5-13,21H,4,14-15,27H2,1-3H3. The molecule has 1 atom stereocenters. The van der Waals surface area contributed by atoms with Crippen LogP contribution in [0.4, 0.5) is 11.4 Å². The van der Waals surface area contributed by atoms with Crippen LogP contribution in [0.3, 0.4) is 0 Å². The Morgan fingerprint density at radius 2 is 1.88 bits per heavy atom. The van der Waals surface area contributed by atoms with Crippen molar-refractivity contribution in [1.82, 2.24) is 0 Å². The van der Waals surface area contributed by atoms with E-state index in [-0.39, 0.29) is 34.9 Å². The van der Waals surface area contributed by atoms with Crippen molar-refractivity contribution in [2.24, 2.45) is 11.1 Å². The highest BCUT2D eigenvalue weighted by atomic mass is 16.6. The first-order valence-corrected chi connectivity index (χ1v) is 11.2. The molecule has 1 aliphatic heterocycles. The molecule has 2 N–H and O–H groups in total. The van der Waals surface area contributed by atoms with Crippen molar-refractivity contribution in [2.75, 3.05) is 11.5 Å². The summed E-state index contributed by atoms with van der Waals surface area (Å²) in [6.45, 7) is 5.84. The normalized spacial score (nSPS) is 19.7. The highest BCUT2D eigenvalue weighted by Gasteiger charge is 2.46. The molecule has 0 aromatic heterocycles. The summed E-state index contributed by atoms with van der Waals surface area (Å²) in [5.74, 6) is -1.27. The number of carbonyl (C=O) groups is 2. The maximum absolute atomic E-state index is 13.6. The van der Waals surface area contributed by atoms with Crippen LogP contribution >= 0.6 is 0 Å². The predicted molar refractivity (Wildman–Crippen MR) is 128 cm³/mol. The smallest absolute Gasteiger partial charge is 0.338 e. The van der Waals surface area contributed by atoms with Crippen molar-refractivity contribution in [3.05, 3.63) is 92.9 Å². The molecule has 8 heteroatoms. The zero-order chi connectivity index (χ0) is 24.6. The molecule has 1 heterocycles. The minimum atomic E-state index is -0.686. The van der Waals surface area contributed by atoms with Gasteiger partial charge in [-0.05, 0) is 30.4 Å². The Labute approximate surface area is 197 Å². The summed E-state index contributed by atoms with van der Waals surface area (Å²) in [7, 11) is 0. The maximum Gasteiger partial charge on any atom is 0.338 e. The number of carbonyl (C=O) groups excluding carboxylic acids is 2. The zero-order valence-electron chi connectivity index (χ0n) is 19.4. The average molecular weight is 462 g/mol. The van der Waals surface area contributed by atoms with Crippen molar-refractivity contribution in [3.8, 4) is 0 Å². The Morgan fingerprint density at radius 3 is 2.53 bits per heavy atom. The van der Waals surface area contributed by atoms with E-state index in [9.17, 15) is 19.7 Å². The van der Waals surface area contributed by atoms with Gasteiger partial charge in [0.1, 0.15) is 5.82 Å². The van der Waals surface area contributed by atoms with Gasteiger partial charge in [-0.2, -0.15) is 0 Å². The maximum atomic E-state index is 13.6. The van der Waals surface area contributed by atoms with E-state index in [0.717, 1.165) is 5.56 Å². The molecule has 4 rings (SSSR count). The Bertz CT molecular complexity index is 1230. The number of Topliss-reactive ketones (excluding diaryl/α,β-unsaturated/α-hetero) is 1. The average Bonchev–Trinajstić information content (AvgIpc) is 2.78. The van der Waals surface area contributed by atoms with E-state index < -0.39 is 16.8 Å². The third kappa shape index (κ3) is 4.07. The van der Waals surface area contributed by atoms with Gasteiger partial charge in [-0.25, -0.2) is 4.79 Å². The fraction of sp³-hybridized carbons (Fsp3) is 0.308. The van der Waals surface area contributed by atoms with Gasteiger partial charge >= 0.3 is 5.97 Å². The Kier molecular flexibility index (Phi) is 6.00. The lowest BCUT2D eigenvalue weighted by Crippen LogP contribution is -2.43. The van der Waals surface area contributed by atoms with Gasteiger partial charge in [-0.15, -0.1) is 0 Å². The summed E-state index contributed by atoms with van der Waals surface area (Å²) < 4.78 is 5.36. The van der Waals surface area contributed by atoms with Gasteiger partial charge in [-0.3, -0.25) is 19.8 Å². The van der Waals surface area contributed by atoms with Gasteiger partial charge in [0.15, 0.2) is 5.78 Å². The van der Waals surface area contributed by atoms with Crippen molar-refractivity contribution in [1.29, 1.82) is 0 Å². The number of anilines is 1. The number of nitrogens with two attached hydrogens (primary N) is 1.